The molecule has 33 heavy (non-hydrogen) atoms. The molecular weight excluding hydrogens is 441 g/mol. The van der Waals surface area contributed by atoms with E-state index in [2.05, 4.69) is 20.3 Å². The number of thiazole rings is 1. The van der Waals surface area contributed by atoms with Gasteiger partial charge in [-0.15, -0.1) is 11.3 Å². The second-order valence-electron chi connectivity index (χ2n) is 8.90. The van der Waals surface area contributed by atoms with Crippen LogP contribution in [-0.2, 0) is 7.05 Å². The van der Waals surface area contributed by atoms with Crippen LogP contribution >= 0.6 is 11.3 Å². The van der Waals surface area contributed by atoms with E-state index in [1.54, 1.807) is 17.1 Å². The number of nitrogens with one attached hydrogen (secondary N) is 1. The standard InChI is InChI=1S/C23H28FN7OS/c1-30-23(31-7-2-3-14(25)6-8-31)15(10-28-30)20-16(26)9-17(21(24)19(20)13-4-5-13)29-22(32)18-11-33-12-27-18/h9-14H,2-8,25-26H2,1H3,(H,29,32)/t14-/m1/s1. The zero-order valence-electron chi connectivity index (χ0n) is 18.6. The van der Waals surface area contributed by atoms with E-state index in [9.17, 15) is 4.79 Å². The number of aromatic nitrogens is 3. The monoisotopic (exact) mass is 469 g/mol. The summed E-state index contributed by atoms with van der Waals surface area (Å²) in [5.74, 6) is 0.116. The minimum atomic E-state index is -0.452. The third kappa shape index (κ3) is 4.20. The quantitative estimate of drug-likeness (QED) is 0.491. The molecule has 1 aromatic carbocycles. The molecule has 1 aliphatic carbocycles. The normalized spacial score (nSPS) is 18.9. The molecule has 2 aromatic heterocycles. The first-order valence-corrected chi connectivity index (χ1v) is 12.2. The Morgan fingerprint density at radius 2 is 2.09 bits per heavy atom. The molecular formula is C23H28FN7OS. The van der Waals surface area contributed by atoms with Gasteiger partial charge in [0.05, 0.1) is 17.4 Å². The highest BCUT2D eigenvalue weighted by molar-refractivity contribution is 7.07. The minimum absolute atomic E-state index is 0.0732. The molecule has 3 aromatic rings. The van der Waals surface area contributed by atoms with Gasteiger partial charge in [0.2, 0.25) is 0 Å². The Kier molecular flexibility index (Phi) is 5.79. The smallest absolute Gasteiger partial charge is 0.275 e. The fourth-order valence-electron chi connectivity index (χ4n) is 4.68. The molecule has 1 atom stereocenters. The number of carbonyl (C=O) groups is 1. The van der Waals surface area contributed by atoms with E-state index >= 15 is 4.39 Å². The number of anilines is 3. The van der Waals surface area contributed by atoms with Gasteiger partial charge in [-0.25, -0.2) is 9.37 Å². The fourth-order valence-corrected chi connectivity index (χ4v) is 5.21. The summed E-state index contributed by atoms with van der Waals surface area (Å²) < 4.78 is 17.7. The lowest BCUT2D eigenvalue weighted by molar-refractivity contribution is 0.102. The lowest BCUT2D eigenvalue weighted by Gasteiger charge is -2.25. The van der Waals surface area contributed by atoms with Crippen molar-refractivity contribution < 1.29 is 9.18 Å². The van der Waals surface area contributed by atoms with Gasteiger partial charge in [0, 0.05) is 53.9 Å². The minimum Gasteiger partial charge on any atom is -0.398 e. The Morgan fingerprint density at radius 1 is 1.27 bits per heavy atom. The molecule has 174 valence electrons. The van der Waals surface area contributed by atoms with E-state index in [-0.39, 0.29) is 23.3 Å². The molecule has 2 fully saturated rings. The highest BCUT2D eigenvalue weighted by atomic mass is 32.1. The Hall–Kier alpha value is -2.98. The van der Waals surface area contributed by atoms with Crippen LogP contribution in [0.5, 0.6) is 0 Å². The maximum Gasteiger partial charge on any atom is 0.275 e. The second-order valence-corrected chi connectivity index (χ2v) is 9.62. The number of aryl methyl sites for hydroxylation is 1. The van der Waals surface area contributed by atoms with Gasteiger partial charge in [-0.05, 0) is 44.1 Å². The number of nitrogens with zero attached hydrogens (tertiary/aromatic N) is 4. The van der Waals surface area contributed by atoms with Crippen LogP contribution in [0.15, 0.2) is 23.2 Å². The number of nitrogen functional groups attached to an aromatic ring is 1. The van der Waals surface area contributed by atoms with Crippen LogP contribution in [0.1, 0.15) is 54.1 Å². The van der Waals surface area contributed by atoms with Gasteiger partial charge in [0.25, 0.3) is 5.91 Å². The number of carbonyl (C=O) groups excluding carboxylic acids is 1. The second kappa shape index (κ2) is 8.75. The topological polar surface area (TPSA) is 115 Å². The zero-order chi connectivity index (χ0) is 23.1. The molecule has 0 spiro atoms. The highest BCUT2D eigenvalue weighted by Crippen LogP contribution is 2.50. The van der Waals surface area contributed by atoms with E-state index in [4.69, 9.17) is 11.5 Å². The summed E-state index contributed by atoms with van der Waals surface area (Å²) in [6.45, 7) is 1.68. The van der Waals surface area contributed by atoms with E-state index in [1.807, 2.05) is 11.7 Å². The summed E-state index contributed by atoms with van der Waals surface area (Å²) in [4.78, 5) is 18.8. The first-order chi connectivity index (χ1) is 15.9. The number of hydrogen-bond acceptors (Lipinski definition) is 7. The number of nitrogens with two attached hydrogens (primary N) is 2. The van der Waals surface area contributed by atoms with Crippen LogP contribution in [0.4, 0.5) is 21.6 Å². The van der Waals surface area contributed by atoms with Crippen molar-refractivity contribution in [1.82, 2.24) is 14.8 Å². The number of hydrogen-bond donors (Lipinski definition) is 3. The lowest BCUT2D eigenvalue weighted by Crippen LogP contribution is -2.28. The summed E-state index contributed by atoms with van der Waals surface area (Å²) in [6.07, 6.45) is 6.42. The first kappa shape index (κ1) is 21.8. The van der Waals surface area contributed by atoms with Crippen LogP contribution in [0.3, 0.4) is 0 Å². The van der Waals surface area contributed by atoms with Crippen molar-refractivity contribution in [2.75, 3.05) is 29.0 Å². The van der Waals surface area contributed by atoms with Gasteiger partial charge in [-0.2, -0.15) is 5.10 Å². The molecule has 8 nitrogen and oxygen atoms in total. The van der Waals surface area contributed by atoms with Gasteiger partial charge in [-0.1, -0.05) is 0 Å². The molecule has 3 heterocycles. The summed E-state index contributed by atoms with van der Waals surface area (Å²) in [7, 11) is 1.90. The number of rotatable bonds is 5. The predicted molar refractivity (Wildman–Crippen MR) is 129 cm³/mol. The lowest BCUT2D eigenvalue weighted by atomic mass is 9.94. The van der Waals surface area contributed by atoms with Crippen LogP contribution in [0.2, 0.25) is 0 Å². The molecule has 5 N–H and O–H groups in total. The molecule has 1 amide bonds. The van der Waals surface area contributed by atoms with Crippen LogP contribution in [0, 0.1) is 5.82 Å². The predicted octanol–water partition coefficient (Wildman–Crippen LogP) is 3.71. The molecule has 5 rings (SSSR count). The molecule has 2 aliphatic rings. The summed E-state index contributed by atoms with van der Waals surface area (Å²) in [5, 5.41) is 8.79. The fraction of sp³-hybridized carbons (Fsp3) is 0.435. The van der Waals surface area contributed by atoms with E-state index in [0.717, 1.165) is 56.6 Å². The number of benzene rings is 1. The van der Waals surface area contributed by atoms with Crippen molar-refractivity contribution in [2.45, 2.75) is 44.1 Å². The summed E-state index contributed by atoms with van der Waals surface area (Å²) in [5.41, 5.74) is 17.1. The van der Waals surface area contributed by atoms with Crippen molar-refractivity contribution >= 4 is 34.4 Å². The average Bonchev–Trinajstić information content (AvgIpc) is 3.40. The number of halogens is 1. The third-order valence-corrected chi connectivity index (χ3v) is 7.07. The summed E-state index contributed by atoms with van der Waals surface area (Å²) >= 11 is 1.31. The van der Waals surface area contributed by atoms with Crippen molar-refractivity contribution in [1.29, 1.82) is 0 Å². The van der Waals surface area contributed by atoms with Gasteiger partial charge < -0.3 is 21.7 Å². The Morgan fingerprint density at radius 3 is 2.82 bits per heavy atom. The molecule has 0 radical (unpaired) electrons. The van der Waals surface area contributed by atoms with Crippen molar-refractivity contribution in [3.8, 4) is 11.1 Å². The zero-order valence-corrected chi connectivity index (χ0v) is 19.4. The number of amides is 1. The maximum atomic E-state index is 15.8. The Labute approximate surface area is 195 Å². The molecule has 0 unspecified atom stereocenters. The molecule has 1 saturated heterocycles. The third-order valence-electron chi connectivity index (χ3n) is 6.48. The van der Waals surface area contributed by atoms with Gasteiger partial charge in [0.1, 0.15) is 11.5 Å². The molecule has 1 aliphatic heterocycles. The van der Waals surface area contributed by atoms with Gasteiger partial charge in [-0.3, -0.25) is 9.48 Å². The van der Waals surface area contributed by atoms with Crippen molar-refractivity contribution in [2.24, 2.45) is 12.8 Å². The van der Waals surface area contributed by atoms with Crippen LogP contribution in [-0.4, -0.2) is 39.8 Å². The van der Waals surface area contributed by atoms with Crippen molar-refractivity contribution in [3.05, 3.63) is 40.2 Å². The van der Waals surface area contributed by atoms with Gasteiger partial charge >= 0.3 is 0 Å². The molecule has 0 bridgehead atoms. The largest absolute Gasteiger partial charge is 0.398 e. The average molecular weight is 470 g/mol. The highest BCUT2D eigenvalue weighted by Gasteiger charge is 2.34. The SMILES string of the molecule is Cn1ncc(-c2c(N)cc(NC(=O)c3cscn3)c(F)c2C2CC2)c1N1CCC[C@@H](N)CC1. The summed E-state index contributed by atoms with van der Waals surface area (Å²) in [6, 6.07) is 1.70. The van der Waals surface area contributed by atoms with Gasteiger partial charge in [0.15, 0.2) is 5.82 Å². The Bertz CT molecular complexity index is 1170. The molecule has 1 saturated carbocycles. The maximum absolute atomic E-state index is 15.8. The van der Waals surface area contributed by atoms with E-state index in [0.29, 0.717) is 16.8 Å². The van der Waals surface area contributed by atoms with Crippen LogP contribution in [0.25, 0.3) is 11.1 Å². The van der Waals surface area contributed by atoms with E-state index < -0.39 is 11.7 Å². The van der Waals surface area contributed by atoms with E-state index in [1.165, 1.54) is 17.4 Å². The first-order valence-electron chi connectivity index (χ1n) is 11.3. The van der Waals surface area contributed by atoms with Crippen LogP contribution < -0.4 is 21.7 Å². The Balaban J connectivity index is 1.57. The van der Waals surface area contributed by atoms with Crippen molar-refractivity contribution in [3.63, 3.8) is 0 Å². The molecule has 10 heteroatoms.